The second-order valence-corrected chi connectivity index (χ2v) is 4.46. The van der Waals surface area contributed by atoms with Gasteiger partial charge in [0.15, 0.2) is 5.79 Å². The Morgan fingerprint density at radius 3 is 2.40 bits per heavy atom. The monoisotopic (exact) mass is 218 g/mol. The van der Waals surface area contributed by atoms with Gasteiger partial charge in [-0.15, -0.1) is 0 Å². The maximum atomic E-state index is 9.54. The van der Waals surface area contributed by atoms with Crippen molar-refractivity contribution in [1.29, 1.82) is 0 Å². The van der Waals surface area contributed by atoms with Crippen LogP contribution in [0.4, 0.5) is 0 Å². The van der Waals surface area contributed by atoms with Gasteiger partial charge in [0.1, 0.15) is 0 Å². The zero-order valence-electron chi connectivity index (χ0n) is 9.61. The predicted molar refractivity (Wildman–Crippen MR) is 56.5 cm³/mol. The van der Waals surface area contributed by atoms with Gasteiger partial charge in [0.25, 0.3) is 0 Å². The number of rotatable bonds is 6. The first-order chi connectivity index (χ1) is 7.02. The van der Waals surface area contributed by atoms with Crippen LogP contribution in [0.25, 0.3) is 0 Å². The molecule has 1 fully saturated rings. The van der Waals surface area contributed by atoms with Crippen LogP contribution in [-0.2, 0) is 9.47 Å². The van der Waals surface area contributed by atoms with E-state index in [9.17, 15) is 5.11 Å². The summed E-state index contributed by atoms with van der Waals surface area (Å²) in [5, 5.41) is 18.6. The molecule has 4 heteroatoms. The third kappa shape index (κ3) is 4.93. The topological polar surface area (TPSA) is 58.9 Å². The molecule has 2 N–H and O–H groups in total. The van der Waals surface area contributed by atoms with E-state index in [4.69, 9.17) is 14.6 Å². The Morgan fingerprint density at radius 2 is 1.87 bits per heavy atom. The summed E-state index contributed by atoms with van der Waals surface area (Å²) >= 11 is 0. The summed E-state index contributed by atoms with van der Waals surface area (Å²) in [4.78, 5) is 0. The molecule has 1 saturated heterocycles. The highest BCUT2D eigenvalue weighted by molar-refractivity contribution is 4.69. The quantitative estimate of drug-likeness (QED) is 0.699. The molecule has 0 amide bonds. The molecule has 0 unspecified atom stereocenters. The Bertz CT molecular complexity index is 175. The van der Waals surface area contributed by atoms with E-state index >= 15 is 0 Å². The molecule has 1 heterocycles. The van der Waals surface area contributed by atoms with Crippen molar-refractivity contribution in [2.24, 2.45) is 0 Å². The normalized spacial score (nSPS) is 24.0. The van der Waals surface area contributed by atoms with Crippen LogP contribution in [0.5, 0.6) is 0 Å². The van der Waals surface area contributed by atoms with Gasteiger partial charge in [0.05, 0.1) is 25.4 Å². The molecule has 0 aromatic rings. The second-order valence-electron chi connectivity index (χ2n) is 4.46. The minimum absolute atomic E-state index is 0.421. The molecular formula is C11H22O4. The zero-order chi connectivity index (χ0) is 11.3. The number of aliphatic hydroxyl groups is 2. The summed E-state index contributed by atoms with van der Waals surface area (Å²) in [7, 11) is 0. The van der Waals surface area contributed by atoms with Crippen molar-refractivity contribution in [3.8, 4) is 0 Å². The summed E-state index contributed by atoms with van der Waals surface area (Å²) in [5.74, 6) is -0.454. The van der Waals surface area contributed by atoms with E-state index in [1.54, 1.807) is 6.92 Å². The second kappa shape index (κ2) is 5.80. The van der Waals surface area contributed by atoms with Crippen molar-refractivity contribution >= 4 is 0 Å². The molecule has 0 radical (unpaired) electrons. The molecule has 0 aromatic heterocycles. The highest BCUT2D eigenvalue weighted by Crippen LogP contribution is 2.25. The SMILES string of the molecule is C[C@H](O)C[C@H](O)CCCC1(C)OCCO1. The van der Waals surface area contributed by atoms with Gasteiger partial charge in [-0.1, -0.05) is 0 Å². The van der Waals surface area contributed by atoms with Crippen molar-refractivity contribution in [3.05, 3.63) is 0 Å². The Labute approximate surface area is 91.2 Å². The fourth-order valence-electron chi connectivity index (χ4n) is 1.87. The largest absolute Gasteiger partial charge is 0.393 e. The van der Waals surface area contributed by atoms with Crippen molar-refractivity contribution in [1.82, 2.24) is 0 Å². The fourth-order valence-corrected chi connectivity index (χ4v) is 1.87. The molecule has 0 aliphatic carbocycles. The van der Waals surface area contributed by atoms with Gasteiger partial charge in [-0.2, -0.15) is 0 Å². The lowest BCUT2D eigenvalue weighted by molar-refractivity contribution is -0.148. The van der Waals surface area contributed by atoms with Gasteiger partial charge in [-0.3, -0.25) is 0 Å². The first-order valence-electron chi connectivity index (χ1n) is 5.66. The molecule has 2 atom stereocenters. The molecule has 90 valence electrons. The molecule has 1 aliphatic heterocycles. The van der Waals surface area contributed by atoms with Crippen LogP contribution >= 0.6 is 0 Å². The summed E-state index contributed by atoms with van der Waals surface area (Å²) in [5.41, 5.74) is 0. The minimum atomic E-state index is -0.454. The molecule has 15 heavy (non-hydrogen) atoms. The van der Waals surface area contributed by atoms with E-state index in [1.165, 1.54) is 0 Å². The molecule has 0 aromatic carbocycles. The van der Waals surface area contributed by atoms with Crippen LogP contribution in [0.2, 0.25) is 0 Å². The summed E-state index contributed by atoms with van der Waals surface area (Å²) < 4.78 is 10.9. The number of aliphatic hydroxyl groups excluding tert-OH is 2. The summed E-state index contributed by atoms with van der Waals surface area (Å²) in [6.45, 7) is 4.94. The van der Waals surface area contributed by atoms with Crippen LogP contribution < -0.4 is 0 Å². The van der Waals surface area contributed by atoms with Crippen molar-refractivity contribution < 1.29 is 19.7 Å². The Hall–Kier alpha value is -0.160. The van der Waals surface area contributed by atoms with Crippen molar-refractivity contribution in [3.63, 3.8) is 0 Å². The lowest BCUT2D eigenvalue weighted by Gasteiger charge is -2.22. The number of hydrogen-bond donors (Lipinski definition) is 2. The first-order valence-corrected chi connectivity index (χ1v) is 5.66. The average molecular weight is 218 g/mol. The van der Waals surface area contributed by atoms with Gasteiger partial charge < -0.3 is 19.7 Å². The molecule has 1 aliphatic rings. The molecular weight excluding hydrogens is 196 g/mol. The van der Waals surface area contributed by atoms with E-state index in [-0.39, 0.29) is 0 Å². The van der Waals surface area contributed by atoms with E-state index in [1.807, 2.05) is 6.92 Å². The van der Waals surface area contributed by atoms with Gasteiger partial charge in [-0.05, 0) is 33.1 Å². The summed E-state index contributed by atoms with van der Waals surface area (Å²) in [6, 6.07) is 0. The highest BCUT2D eigenvalue weighted by atomic mass is 16.7. The molecule has 4 nitrogen and oxygen atoms in total. The Kier molecular flexibility index (Phi) is 4.99. The zero-order valence-corrected chi connectivity index (χ0v) is 9.61. The molecule has 1 rings (SSSR count). The number of ether oxygens (including phenoxy) is 2. The summed E-state index contributed by atoms with van der Waals surface area (Å²) in [6.07, 6.45) is 1.92. The smallest absolute Gasteiger partial charge is 0.165 e. The lowest BCUT2D eigenvalue weighted by Crippen LogP contribution is -2.26. The van der Waals surface area contributed by atoms with Crippen LogP contribution in [0.1, 0.15) is 39.5 Å². The minimum Gasteiger partial charge on any atom is -0.393 e. The van der Waals surface area contributed by atoms with E-state index in [0.29, 0.717) is 26.1 Å². The predicted octanol–water partition coefficient (Wildman–Crippen LogP) is 1.05. The molecule has 0 saturated carbocycles. The standard InChI is InChI=1S/C11H22O4/c1-9(12)8-10(13)4-3-5-11(2)14-6-7-15-11/h9-10,12-13H,3-8H2,1-2H3/t9-,10+/m0/s1. The van der Waals surface area contributed by atoms with E-state index in [2.05, 4.69) is 0 Å². The number of hydrogen-bond acceptors (Lipinski definition) is 4. The average Bonchev–Trinajstić information content (AvgIpc) is 2.51. The van der Waals surface area contributed by atoms with Crippen molar-refractivity contribution in [2.75, 3.05) is 13.2 Å². The maximum Gasteiger partial charge on any atom is 0.165 e. The van der Waals surface area contributed by atoms with Crippen LogP contribution in [-0.4, -0.2) is 41.4 Å². The lowest BCUT2D eigenvalue weighted by atomic mass is 10.0. The van der Waals surface area contributed by atoms with Crippen LogP contribution in [0.3, 0.4) is 0 Å². The highest BCUT2D eigenvalue weighted by Gasteiger charge is 2.30. The molecule has 0 spiro atoms. The Morgan fingerprint density at radius 1 is 1.27 bits per heavy atom. The van der Waals surface area contributed by atoms with Gasteiger partial charge in [0.2, 0.25) is 0 Å². The van der Waals surface area contributed by atoms with Crippen LogP contribution in [0, 0.1) is 0 Å². The van der Waals surface area contributed by atoms with Gasteiger partial charge in [-0.25, -0.2) is 0 Å². The molecule has 0 bridgehead atoms. The Balaban J connectivity index is 2.10. The maximum absolute atomic E-state index is 9.54. The first kappa shape index (κ1) is 12.9. The fraction of sp³-hybridized carbons (Fsp3) is 1.00. The van der Waals surface area contributed by atoms with E-state index < -0.39 is 18.0 Å². The van der Waals surface area contributed by atoms with Gasteiger partial charge in [0, 0.05) is 6.42 Å². The van der Waals surface area contributed by atoms with Crippen molar-refractivity contribution in [2.45, 2.75) is 57.5 Å². The van der Waals surface area contributed by atoms with Crippen LogP contribution in [0.15, 0.2) is 0 Å². The third-order valence-corrected chi connectivity index (χ3v) is 2.68. The third-order valence-electron chi connectivity index (χ3n) is 2.68. The van der Waals surface area contributed by atoms with Gasteiger partial charge >= 0.3 is 0 Å². The van der Waals surface area contributed by atoms with E-state index in [0.717, 1.165) is 12.8 Å².